The lowest BCUT2D eigenvalue weighted by Crippen LogP contribution is -2.51. The number of carbonyl (C=O) groups is 1. The van der Waals surface area contributed by atoms with Gasteiger partial charge in [-0.25, -0.2) is 15.1 Å². The van der Waals surface area contributed by atoms with E-state index in [0.29, 0.717) is 18.6 Å². The minimum absolute atomic E-state index is 0.350. The van der Waals surface area contributed by atoms with Crippen molar-refractivity contribution in [2.24, 2.45) is 0 Å². The Labute approximate surface area is 132 Å². The average Bonchev–Trinajstić information content (AvgIpc) is 2.53. The Balaban J connectivity index is 1.85. The first-order chi connectivity index (χ1) is 10.9. The van der Waals surface area contributed by atoms with Crippen LogP contribution in [0.4, 0.5) is 18.0 Å². The van der Waals surface area contributed by atoms with Crippen LogP contribution in [0.2, 0.25) is 0 Å². The van der Waals surface area contributed by atoms with Crippen LogP contribution in [0.3, 0.4) is 0 Å². The molecule has 0 unspecified atom stereocenters. The molecule has 2 N–H and O–H groups in total. The van der Waals surface area contributed by atoms with Crippen molar-refractivity contribution in [1.29, 1.82) is 0 Å². The standard InChI is InChI=1S/C15H19F3N2O3/c16-15(17,18)12(10-11-6-2-1-3-7-11)19-14(21)20-23-13-8-4-5-9-22-13/h1-3,6-7,12-13H,4-5,8-10H2,(H2,19,20,21)/t12-,13+/m1/s1. The molecule has 0 radical (unpaired) electrons. The van der Waals surface area contributed by atoms with E-state index in [1.807, 2.05) is 10.8 Å². The second-order valence-electron chi connectivity index (χ2n) is 5.27. The molecule has 1 heterocycles. The normalized spacial score (nSPS) is 19.9. The molecule has 8 heteroatoms. The molecule has 1 aromatic rings. The third-order valence-corrected chi connectivity index (χ3v) is 3.40. The molecule has 2 atom stereocenters. The summed E-state index contributed by atoms with van der Waals surface area (Å²) in [6.07, 6.45) is -3.15. The monoisotopic (exact) mass is 332 g/mol. The number of carbonyl (C=O) groups excluding carboxylic acids is 1. The number of urea groups is 1. The van der Waals surface area contributed by atoms with Crippen LogP contribution >= 0.6 is 0 Å². The van der Waals surface area contributed by atoms with Gasteiger partial charge in [0.05, 0.1) is 0 Å². The SMILES string of the molecule is O=C(NO[C@H]1CCCCO1)N[C@H](Cc1ccccc1)C(F)(F)F. The molecule has 2 amide bonds. The average molecular weight is 332 g/mol. The molecule has 1 aromatic carbocycles. The minimum Gasteiger partial charge on any atom is -0.350 e. The van der Waals surface area contributed by atoms with Crippen molar-refractivity contribution in [2.45, 2.75) is 44.2 Å². The zero-order valence-corrected chi connectivity index (χ0v) is 12.4. The van der Waals surface area contributed by atoms with E-state index in [2.05, 4.69) is 0 Å². The first-order valence-electron chi connectivity index (χ1n) is 7.39. The third kappa shape index (κ3) is 6.07. The summed E-state index contributed by atoms with van der Waals surface area (Å²) in [7, 11) is 0. The Morgan fingerprint density at radius 1 is 1.30 bits per heavy atom. The van der Waals surface area contributed by atoms with Crippen LogP contribution in [-0.2, 0) is 16.0 Å². The van der Waals surface area contributed by atoms with Crippen LogP contribution in [0, 0.1) is 0 Å². The second kappa shape index (κ2) is 8.16. The first kappa shape index (κ1) is 17.6. The number of nitrogens with one attached hydrogen (secondary N) is 2. The number of benzene rings is 1. The highest BCUT2D eigenvalue weighted by Gasteiger charge is 2.40. The van der Waals surface area contributed by atoms with Gasteiger partial charge in [0.1, 0.15) is 6.04 Å². The fraction of sp³-hybridized carbons (Fsp3) is 0.533. The summed E-state index contributed by atoms with van der Waals surface area (Å²) in [5, 5.41) is 1.89. The number of halogens is 3. The highest BCUT2D eigenvalue weighted by Crippen LogP contribution is 2.23. The Kier molecular flexibility index (Phi) is 6.23. The van der Waals surface area contributed by atoms with Crippen molar-refractivity contribution in [2.75, 3.05) is 6.61 Å². The van der Waals surface area contributed by atoms with Crippen molar-refractivity contribution in [1.82, 2.24) is 10.8 Å². The molecule has 23 heavy (non-hydrogen) atoms. The van der Waals surface area contributed by atoms with Crippen LogP contribution in [0.25, 0.3) is 0 Å². The summed E-state index contributed by atoms with van der Waals surface area (Å²) in [6, 6.07) is 5.11. The zero-order valence-electron chi connectivity index (χ0n) is 12.4. The lowest BCUT2D eigenvalue weighted by molar-refractivity contribution is -0.187. The van der Waals surface area contributed by atoms with E-state index in [1.54, 1.807) is 30.3 Å². The van der Waals surface area contributed by atoms with E-state index < -0.39 is 24.5 Å². The molecule has 5 nitrogen and oxygen atoms in total. The van der Waals surface area contributed by atoms with E-state index in [0.717, 1.165) is 12.8 Å². The summed E-state index contributed by atoms with van der Waals surface area (Å²) >= 11 is 0. The number of hydroxylamine groups is 1. The van der Waals surface area contributed by atoms with Crippen LogP contribution in [0.5, 0.6) is 0 Å². The maximum atomic E-state index is 13.1. The molecular weight excluding hydrogens is 313 g/mol. The second-order valence-corrected chi connectivity index (χ2v) is 5.27. The maximum Gasteiger partial charge on any atom is 0.408 e. The highest BCUT2D eigenvalue weighted by atomic mass is 19.4. The molecule has 2 rings (SSSR count). The Morgan fingerprint density at radius 2 is 2.04 bits per heavy atom. The summed E-state index contributed by atoms with van der Waals surface area (Å²) in [6.45, 7) is 0.507. The van der Waals surface area contributed by atoms with Gasteiger partial charge in [0.15, 0.2) is 6.29 Å². The maximum absolute atomic E-state index is 13.1. The number of ether oxygens (including phenoxy) is 1. The van der Waals surface area contributed by atoms with Gasteiger partial charge in [-0.2, -0.15) is 13.2 Å². The third-order valence-electron chi connectivity index (χ3n) is 3.40. The van der Waals surface area contributed by atoms with Crippen molar-refractivity contribution in [3.63, 3.8) is 0 Å². The summed E-state index contributed by atoms with van der Waals surface area (Å²) in [5.41, 5.74) is 2.44. The van der Waals surface area contributed by atoms with Crippen LogP contribution in [-0.4, -0.2) is 31.1 Å². The van der Waals surface area contributed by atoms with Gasteiger partial charge in [0, 0.05) is 19.4 Å². The molecule has 0 aromatic heterocycles. The fourth-order valence-electron chi connectivity index (χ4n) is 2.21. The summed E-state index contributed by atoms with van der Waals surface area (Å²) in [4.78, 5) is 16.6. The predicted octanol–water partition coefficient (Wildman–Crippen LogP) is 2.92. The minimum atomic E-state index is -4.56. The molecular formula is C15H19F3N2O3. The van der Waals surface area contributed by atoms with Crippen molar-refractivity contribution in [3.05, 3.63) is 35.9 Å². The molecule has 1 fully saturated rings. The van der Waals surface area contributed by atoms with E-state index in [4.69, 9.17) is 9.57 Å². The summed E-state index contributed by atoms with van der Waals surface area (Å²) in [5.74, 6) is 0. The summed E-state index contributed by atoms with van der Waals surface area (Å²) < 4.78 is 44.4. The van der Waals surface area contributed by atoms with Crippen LogP contribution in [0.15, 0.2) is 30.3 Å². The predicted molar refractivity (Wildman–Crippen MR) is 76.3 cm³/mol. The number of alkyl halides is 3. The molecule has 1 aliphatic rings. The molecule has 1 aliphatic heterocycles. The number of hydrogen-bond donors (Lipinski definition) is 2. The lowest BCUT2D eigenvalue weighted by Gasteiger charge is -2.24. The molecule has 128 valence electrons. The van der Waals surface area contributed by atoms with E-state index in [9.17, 15) is 18.0 Å². The van der Waals surface area contributed by atoms with E-state index >= 15 is 0 Å². The fourth-order valence-corrected chi connectivity index (χ4v) is 2.21. The Hall–Kier alpha value is -1.80. The Bertz CT molecular complexity index is 490. The van der Waals surface area contributed by atoms with Gasteiger partial charge in [-0.3, -0.25) is 0 Å². The van der Waals surface area contributed by atoms with Gasteiger partial charge in [0.2, 0.25) is 0 Å². The molecule has 0 aliphatic carbocycles. The van der Waals surface area contributed by atoms with E-state index in [1.165, 1.54) is 0 Å². The molecule has 0 spiro atoms. The smallest absolute Gasteiger partial charge is 0.350 e. The number of hydrogen-bond acceptors (Lipinski definition) is 3. The quantitative estimate of drug-likeness (QED) is 0.815. The van der Waals surface area contributed by atoms with Gasteiger partial charge < -0.3 is 10.1 Å². The van der Waals surface area contributed by atoms with Crippen molar-refractivity contribution in [3.8, 4) is 0 Å². The molecule has 1 saturated heterocycles. The van der Waals surface area contributed by atoms with Gasteiger partial charge in [-0.15, -0.1) is 0 Å². The van der Waals surface area contributed by atoms with Crippen molar-refractivity contribution < 1.29 is 27.5 Å². The van der Waals surface area contributed by atoms with Gasteiger partial charge in [-0.1, -0.05) is 30.3 Å². The Morgan fingerprint density at radius 3 is 2.65 bits per heavy atom. The van der Waals surface area contributed by atoms with Crippen molar-refractivity contribution >= 4 is 6.03 Å². The largest absolute Gasteiger partial charge is 0.408 e. The number of rotatable bonds is 5. The van der Waals surface area contributed by atoms with Gasteiger partial charge in [-0.05, 0) is 18.4 Å². The first-order valence-corrected chi connectivity index (χ1v) is 7.39. The zero-order chi connectivity index (χ0) is 16.7. The molecule has 0 saturated carbocycles. The van der Waals surface area contributed by atoms with E-state index in [-0.39, 0.29) is 6.42 Å². The number of amides is 2. The van der Waals surface area contributed by atoms with Crippen LogP contribution < -0.4 is 10.8 Å². The topological polar surface area (TPSA) is 59.6 Å². The lowest BCUT2D eigenvalue weighted by atomic mass is 10.1. The van der Waals surface area contributed by atoms with Gasteiger partial charge >= 0.3 is 12.2 Å². The highest BCUT2D eigenvalue weighted by molar-refractivity contribution is 5.73. The van der Waals surface area contributed by atoms with Crippen LogP contribution in [0.1, 0.15) is 24.8 Å². The van der Waals surface area contributed by atoms with Gasteiger partial charge in [0.25, 0.3) is 0 Å². The molecule has 0 bridgehead atoms.